The first-order valence-corrected chi connectivity index (χ1v) is 6.68. The number of para-hydroxylation sites is 1. The fraction of sp³-hybridized carbons (Fsp3) is 0.357. The van der Waals surface area contributed by atoms with Gasteiger partial charge in [-0.2, -0.15) is 0 Å². The lowest BCUT2D eigenvalue weighted by Crippen LogP contribution is -2.12. The molecule has 0 fully saturated rings. The molecule has 0 spiro atoms. The minimum Gasteiger partial charge on any atom is -0.467 e. The van der Waals surface area contributed by atoms with Crippen LogP contribution >= 0.6 is 0 Å². The van der Waals surface area contributed by atoms with Gasteiger partial charge in [0, 0.05) is 6.54 Å². The molecular formula is C14H16N4O3. The van der Waals surface area contributed by atoms with Crippen LogP contribution in [0, 0.1) is 0 Å². The summed E-state index contributed by atoms with van der Waals surface area (Å²) in [5, 5.41) is 3.35. The summed E-state index contributed by atoms with van der Waals surface area (Å²) in [4.78, 5) is 12.1. The Hall–Kier alpha value is -2.57. The van der Waals surface area contributed by atoms with Crippen LogP contribution in [0.2, 0.25) is 0 Å². The van der Waals surface area contributed by atoms with Crippen molar-refractivity contribution in [3.63, 3.8) is 0 Å². The fourth-order valence-corrected chi connectivity index (χ4v) is 2.21. The quantitative estimate of drug-likeness (QED) is 0.922. The molecule has 3 rings (SSSR count). The Morgan fingerprint density at radius 1 is 1.00 bits per heavy atom. The van der Waals surface area contributed by atoms with Crippen LogP contribution in [0.15, 0.2) is 18.2 Å². The molecule has 2 heterocycles. The smallest absolute Gasteiger partial charge is 0.331 e. The Kier molecular flexibility index (Phi) is 3.72. The molecule has 21 heavy (non-hydrogen) atoms. The first-order chi connectivity index (χ1) is 10.3. The van der Waals surface area contributed by atoms with Crippen LogP contribution in [0.4, 0.5) is 5.69 Å². The Bertz CT molecular complexity index is 626. The third-order valence-corrected chi connectivity index (χ3v) is 3.18. The Labute approximate surface area is 122 Å². The molecule has 7 heteroatoms. The van der Waals surface area contributed by atoms with Crippen molar-refractivity contribution < 1.29 is 14.2 Å². The minimum atomic E-state index is 0.138. The number of nitrogens with one attached hydrogen (secondary N) is 1. The molecule has 0 amide bonds. The van der Waals surface area contributed by atoms with Crippen LogP contribution < -0.4 is 19.5 Å². The van der Waals surface area contributed by atoms with Crippen molar-refractivity contribution in [2.45, 2.75) is 12.8 Å². The van der Waals surface area contributed by atoms with Gasteiger partial charge in [-0.3, -0.25) is 0 Å². The highest BCUT2D eigenvalue weighted by atomic mass is 16.5. The number of nitrogens with zero attached hydrogens (tertiary/aromatic N) is 3. The fourth-order valence-electron chi connectivity index (χ4n) is 2.21. The average molecular weight is 288 g/mol. The lowest BCUT2D eigenvalue weighted by Gasteiger charge is -2.20. The number of aryl methyl sites for hydroxylation is 1. The Morgan fingerprint density at radius 3 is 2.43 bits per heavy atom. The second kappa shape index (κ2) is 5.82. The molecule has 1 N–H and O–H groups in total. The number of hydrogen-bond donors (Lipinski definition) is 1. The van der Waals surface area contributed by atoms with Gasteiger partial charge in [0.15, 0.2) is 5.75 Å². The van der Waals surface area contributed by atoms with Gasteiger partial charge in [-0.25, -0.2) is 0 Å². The van der Waals surface area contributed by atoms with Crippen molar-refractivity contribution >= 4 is 5.69 Å². The maximum Gasteiger partial charge on any atom is 0.331 e. The normalized spacial score (nSPS) is 13.0. The molecule has 110 valence electrons. The summed E-state index contributed by atoms with van der Waals surface area (Å²) in [6.45, 7) is 0.928. The number of benzene rings is 1. The summed E-state index contributed by atoms with van der Waals surface area (Å²) in [5.41, 5.74) is 2.22. The van der Waals surface area contributed by atoms with E-state index in [1.54, 1.807) is 0 Å². The van der Waals surface area contributed by atoms with Crippen LogP contribution in [-0.2, 0) is 6.42 Å². The van der Waals surface area contributed by atoms with E-state index in [1.807, 2.05) is 12.1 Å². The first-order valence-electron chi connectivity index (χ1n) is 6.68. The van der Waals surface area contributed by atoms with Gasteiger partial charge in [0.25, 0.3) is 0 Å². The number of rotatable bonds is 4. The Balaban J connectivity index is 1.93. The van der Waals surface area contributed by atoms with Crippen LogP contribution in [0.1, 0.15) is 12.0 Å². The van der Waals surface area contributed by atoms with E-state index in [2.05, 4.69) is 26.3 Å². The number of aromatic nitrogens is 3. The second-order valence-corrected chi connectivity index (χ2v) is 4.51. The van der Waals surface area contributed by atoms with Crippen LogP contribution in [0.25, 0.3) is 0 Å². The van der Waals surface area contributed by atoms with E-state index in [1.165, 1.54) is 19.8 Å². The largest absolute Gasteiger partial charge is 0.467 e. The topological polar surface area (TPSA) is 78.4 Å². The van der Waals surface area contributed by atoms with E-state index >= 15 is 0 Å². The zero-order chi connectivity index (χ0) is 14.7. The molecule has 7 nitrogen and oxygen atoms in total. The maximum absolute atomic E-state index is 5.78. The summed E-state index contributed by atoms with van der Waals surface area (Å²) in [6, 6.07) is 6.35. The SMILES string of the molecule is COc1nc(OC)nc(Oc2cccc3c2NCCC3)n1. The molecule has 0 saturated carbocycles. The highest BCUT2D eigenvalue weighted by Gasteiger charge is 2.16. The number of ether oxygens (including phenoxy) is 3. The zero-order valence-corrected chi connectivity index (χ0v) is 11.9. The van der Waals surface area contributed by atoms with Crippen molar-refractivity contribution in [2.75, 3.05) is 26.1 Å². The third kappa shape index (κ3) is 2.81. The van der Waals surface area contributed by atoms with Gasteiger partial charge in [0.2, 0.25) is 0 Å². The van der Waals surface area contributed by atoms with Gasteiger partial charge in [0.05, 0.1) is 19.9 Å². The molecular weight excluding hydrogens is 272 g/mol. The van der Waals surface area contributed by atoms with Crippen LogP contribution in [0.3, 0.4) is 0 Å². The molecule has 1 aromatic carbocycles. The second-order valence-electron chi connectivity index (χ2n) is 4.51. The van der Waals surface area contributed by atoms with E-state index in [0.717, 1.165) is 25.1 Å². The molecule has 0 radical (unpaired) electrons. The molecule has 0 bridgehead atoms. The molecule has 0 atom stereocenters. The van der Waals surface area contributed by atoms with Crippen molar-refractivity contribution in [2.24, 2.45) is 0 Å². The van der Waals surface area contributed by atoms with Gasteiger partial charge in [0.1, 0.15) is 0 Å². The van der Waals surface area contributed by atoms with Crippen molar-refractivity contribution in [3.05, 3.63) is 23.8 Å². The van der Waals surface area contributed by atoms with E-state index in [9.17, 15) is 0 Å². The summed E-state index contributed by atoms with van der Waals surface area (Å²) >= 11 is 0. The van der Waals surface area contributed by atoms with Crippen LogP contribution in [0.5, 0.6) is 23.8 Å². The average Bonchev–Trinajstić information content (AvgIpc) is 2.55. The van der Waals surface area contributed by atoms with E-state index in [4.69, 9.17) is 14.2 Å². The summed E-state index contributed by atoms with van der Waals surface area (Å²) in [5.74, 6) is 0.683. The summed E-state index contributed by atoms with van der Waals surface area (Å²) in [6.07, 6.45) is 2.15. The minimum absolute atomic E-state index is 0.138. The third-order valence-electron chi connectivity index (χ3n) is 3.18. The van der Waals surface area contributed by atoms with Gasteiger partial charge in [-0.1, -0.05) is 12.1 Å². The monoisotopic (exact) mass is 288 g/mol. The molecule has 0 aliphatic carbocycles. The highest BCUT2D eigenvalue weighted by molar-refractivity contribution is 5.63. The molecule has 0 saturated heterocycles. The predicted molar refractivity (Wildman–Crippen MR) is 76.3 cm³/mol. The van der Waals surface area contributed by atoms with E-state index in [-0.39, 0.29) is 18.0 Å². The zero-order valence-electron chi connectivity index (χ0n) is 11.9. The standard InChI is InChI=1S/C14H16N4O3/c1-19-12-16-13(20-2)18-14(17-12)21-10-7-3-5-9-6-4-8-15-11(9)10/h3,5,7,15H,4,6,8H2,1-2H3. The summed E-state index contributed by atoms with van der Waals surface area (Å²) in [7, 11) is 2.95. The lowest BCUT2D eigenvalue weighted by atomic mass is 10.0. The molecule has 1 aliphatic rings. The van der Waals surface area contributed by atoms with Gasteiger partial charge >= 0.3 is 18.0 Å². The number of hydrogen-bond acceptors (Lipinski definition) is 7. The van der Waals surface area contributed by atoms with Crippen molar-refractivity contribution in [1.29, 1.82) is 0 Å². The number of fused-ring (bicyclic) bond motifs is 1. The molecule has 1 aliphatic heterocycles. The number of methoxy groups -OCH3 is 2. The van der Waals surface area contributed by atoms with Gasteiger partial charge in [-0.05, 0) is 24.5 Å². The predicted octanol–water partition coefficient (Wildman–Crippen LogP) is 2.04. The highest BCUT2D eigenvalue weighted by Crippen LogP contribution is 2.34. The molecule has 0 unspecified atom stereocenters. The molecule has 1 aromatic heterocycles. The van der Waals surface area contributed by atoms with E-state index in [0.29, 0.717) is 5.75 Å². The van der Waals surface area contributed by atoms with Crippen molar-refractivity contribution in [3.8, 4) is 23.8 Å². The summed E-state index contributed by atoms with van der Waals surface area (Å²) < 4.78 is 15.8. The van der Waals surface area contributed by atoms with E-state index < -0.39 is 0 Å². The van der Waals surface area contributed by atoms with Crippen molar-refractivity contribution in [1.82, 2.24) is 15.0 Å². The Morgan fingerprint density at radius 2 is 1.71 bits per heavy atom. The first kappa shape index (κ1) is 13.4. The number of anilines is 1. The van der Waals surface area contributed by atoms with Crippen LogP contribution in [-0.4, -0.2) is 35.7 Å². The van der Waals surface area contributed by atoms with Gasteiger partial charge < -0.3 is 19.5 Å². The molecule has 2 aromatic rings. The lowest BCUT2D eigenvalue weighted by molar-refractivity contribution is 0.320. The maximum atomic E-state index is 5.78. The van der Waals surface area contributed by atoms with Gasteiger partial charge in [-0.15, -0.1) is 15.0 Å².